The molecule has 0 radical (unpaired) electrons. The molecule has 0 atom stereocenters. The van der Waals surface area contributed by atoms with Crippen molar-refractivity contribution in [3.05, 3.63) is 35.9 Å². The van der Waals surface area contributed by atoms with Gasteiger partial charge in [0.15, 0.2) is 5.96 Å². The molecule has 1 fully saturated rings. The third kappa shape index (κ3) is 8.36. The van der Waals surface area contributed by atoms with Gasteiger partial charge in [0.25, 0.3) is 0 Å². The normalized spacial score (nSPS) is 17.2. The van der Waals surface area contributed by atoms with Crippen LogP contribution >= 0.6 is 0 Å². The van der Waals surface area contributed by atoms with Gasteiger partial charge in [0.1, 0.15) is 0 Å². The number of nitrogens with zero attached hydrogens (tertiary/aromatic N) is 3. The van der Waals surface area contributed by atoms with Crippen LogP contribution < -0.4 is 11.1 Å². The highest BCUT2D eigenvalue weighted by atomic mass is 15.3. The smallest absolute Gasteiger partial charge is 0.188 e. The van der Waals surface area contributed by atoms with E-state index in [1.807, 2.05) is 0 Å². The zero-order chi connectivity index (χ0) is 17.9. The van der Waals surface area contributed by atoms with Gasteiger partial charge in [-0.25, -0.2) is 0 Å². The van der Waals surface area contributed by atoms with Gasteiger partial charge in [-0.3, -0.25) is 9.89 Å². The Morgan fingerprint density at radius 3 is 2.48 bits per heavy atom. The minimum atomic E-state index is 0.591. The Morgan fingerprint density at radius 1 is 1.12 bits per heavy atom. The van der Waals surface area contributed by atoms with Gasteiger partial charge in [-0.15, -0.1) is 0 Å². The number of aliphatic imine (C=N–C) groups is 1. The Kier molecular flexibility index (Phi) is 8.77. The molecule has 3 N–H and O–H groups in total. The van der Waals surface area contributed by atoms with Crippen LogP contribution in [0.2, 0.25) is 0 Å². The van der Waals surface area contributed by atoms with E-state index in [0.29, 0.717) is 11.9 Å². The van der Waals surface area contributed by atoms with Crippen LogP contribution in [0, 0.1) is 5.92 Å². The fourth-order valence-corrected chi connectivity index (χ4v) is 3.05. The first-order valence-electron chi connectivity index (χ1n) is 9.66. The van der Waals surface area contributed by atoms with Gasteiger partial charge in [-0.05, 0) is 24.3 Å². The van der Waals surface area contributed by atoms with Gasteiger partial charge in [-0.2, -0.15) is 0 Å². The molecule has 25 heavy (non-hydrogen) atoms. The molecule has 0 amide bonds. The molecule has 0 unspecified atom stereocenters. The monoisotopic (exact) mass is 345 g/mol. The fourth-order valence-electron chi connectivity index (χ4n) is 3.05. The SMILES string of the molecule is CC(C)CCNC(N)=NCCCN1CCN(Cc2ccccc2)CC1. The van der Waals surface area contributed by atoms with Gasteiger partial charge in [-0.1, -0.05) is 44.2 Å². The molecule has 1 aliphatic heterocycles. The molecule has 0 spiro atoms. The Bertz CT molecular complexity index is 492. The van der Waals surface area contributed by atoms with E-state index in [2.05, 4.69) is 64.3 Å². The van der Waals surface area contributed by atoms with E-state index < -0.39 is 0 Å². The van der Waals surface area contributed by atoms with E-state index in [-0.39, 0.29) is 0 Å². The van der Waals surface area contributed by atoms with Gasteiger partial charge in [0.2, 0.25) is 0 Å². The first kappa shape index (κ1) is 19.7. The van der Waals surface area contributed by atoms with Crippen molar-refractivity contribution in [1.29, 1.82) is 0 Å². The van der Waals surface area contributed by atoms with Crippen molar-refractivity contribution in [3.8, 4) is 0 Å². The Labute approximate surface area is 153 Å². The molecule has 0 aromatic heterocycles. The zero-order valence-electron chi connectivity index (χ0n) is 16.0. The van der Waals surface area contributed by atoms with Gasteiger partial charge < -0.3 is 16.0 Å². The molecule has 0 bridgehead atoms. The van der Waals surface area contributed by atoms with Crippen LogP contribution in [0.1, 0.15) is 32.3 Å². The first-order chi connectivity index (χ1) is 12.1. The second kappa shape index (κ2) is 11.1. The summed E-state index contributed by atoms with van der Waals surface area (Å²) in [6.07, 6.45) is 2.20. The molecule has 1 aromatic rings. The molecule has 140 valence electrons. The van der Waals surface area contributed by atoms with Crippen molar-refractivity contribution in [2.75, 3.05) is 45.8 Å². The molecule has 1 aliphatic rings. The highest BCUT2D eigenvalue weighted by Gasteiger charge is 2.16. The minimum Gasteiger partial charge on any atom is -0.370 e. The second-order valence-corrected chi connectivity index (χ2v) is 7.33. The summed E-state index contributed by atoms with van der Waals surface area (Å²) in [5, 5.41) is 3.19. The van der Waals surface area contributed by atoms with E-state index >= 15 is 0 Å². The fraction of sp³-hybridized carbons (Fsp3) is 0.650. The summed E-state index contributed by atoms with van der Waals surface area (Å²) in [5.41, 5.74) is 7.30. The van der Waals surface area contributed by atoms with E-state index in [0.717, 1.165) is 65.2 Å². The molecule has 1 heterocycles. The molecule has 1 saturated heterocycles. The topological polar surface area (TPSA) is 56.9 Å². The number of nitrogens with two attached hydrogens (primary N) is 1. The van der Waals surface area contributed by atoms with Crippen molar-refractivity contribution in [3.63, 3.8) is 0 Å². The Morgan fingerprint density at radius 2 is 1.80 bits per heavy atom. The maximum atomic E-state index is 5.89. The first-order valence-corrected chi connectivity index (χ1v) is 9.66. The zero-order valence-corrected chi connectivity index (χ0v) is 16.0. The predicted molar refractivity (Wildman–Crippen MR) is 107 cm³/mol. The number of guanidine groups is 1. The van der Waals surface area contributed by atoms with Crippen molar-refractivity contribution < 1.29 is 0 Å². The largest absolute Gasteiger partial charge is 0.370 e. The summed E-state index contributed by atoms with van der Waals surface area (Å²) >= 11 is 0. The van der Waals surface area contributed by atoms with Crippen molar-refractivity contribution in [2.24, 2.45) is 16.6 Å². The number of hydrogen-bond acceptors (Lipinski definition) is 3. The average molecular weight is 346 g/mol. The highest BCUT2D eigenvalue weighted by molar-refractivity contribution is 5.77. The molecular formula is C20H35N5. The third-order valence-electron chi connectivity index (χ3n) is 4.66. The van der Waals surface area contributed by atoms with Crippen LogP contribution in [-0.2, 0) is 6.54 Å². The van der Waals surface area contributed by atoms with E-state index in [4.69, 9.17) is 5.73 Å². The second-order valence-electron chi connectivity index (χ2n) is 7.33. The van der Waals surface area contributed by atoms with Crippen LogP contribution in [-0.4, -0.2) is 61.6 Å². The van der Waals surface area contributed by atoms with Gasteiger partial charge >= 0.3 is 0 Å². The Hall–Kier alpha value is -1.59. The minimum absolute atomic E-state index is 0.591. The van der Waals surface area contributed by atoms with Crippen LogP contribution in [0.4, 0.5) is 0 Å². The van der Waals surface area contributed by atoms with Crippen molar-refractivity contribution >= 4 is 5.96 Å². The molecule has 2 rings (SSSR count). The number of piperazine rings is 1. The molecule has 5 nitrogen and oxygen atoms in total. The quantitative estimate of drug-likeness (QED) is 0.409. The molecule has 1 aromatic carbocycles. The number of hydrogen-bond donors (Lipinski definition) is 2. The van der Waals surface area contributed by atoms with Crippen LogP contribution in [0.3, 0.4) is 0 Å². The summed E-state index contributed by atoms with van der Waals surface area (Å²) in [6, 6.07) is 10.7. The molecule has 0 saturated carbocycles. The van der Waals surface area contributed by atoms with E-state index in [1.165, 1.54) is 5.56 Å². The summed E-state index contributed by atoms with van der Waals surface area (Å²) in [7, 11) is 0. The highest BCUT2D eigenvalue weighted by Crippen LogP contribution is 2.08. The van der Waals surface area contributed by atoms with Crippen LogP contribution in [0.15, 0.2) is 35.3 Å². The summed E-state index contributed by atoms with van der Waals surface area (Å²) in [5.74, 6) is 1.29. The van der Waals surface area contributed by atoms with Crippen molar-refractivity contribution in [1.82, 2.24) is 15.1 Å². The lowest BCUT2D eigenvalue weighted by molar-refractivity contribution is 0.127. The molecule has 0 aliphatic carbocycles. The Balaban J connectivity index is 1.55. The summed E-state index contributed by atoms with van der Waals surface area (Å²) in [6.45, 7) is 12.9. The lowest BCUT2D eigenvalue weighted by Gasteiger charge is -2.34. The maximum absolute atomic E-state index is 5.89. The lowest BCUT2D eigenvalue weighted by atomic mass is 10.1. The van der Waals surface area contributed by atoms with E-state index in [1.54, 1.807) is 0 Å². The average Bonchev–Trinajstić information content (AvgIpc) is 2.61. The number of benzene rings is 1. The van der Waals surface area contributed by atoms with Crippen molar-refractivity contribution in [2.45, 2.75) is 33.2 Å². The van der Waals surface area contributed by atoms with E-state index in [9.17, 15) is 0 Å². The summed E-state index contributed by atoms with van der Waals surface area (Å²) < 4.78 is 0. The molecular weight excluding hydrogens is 310 g/mol. The maximum Gasteiger partial charge on any atom is 0.188 e. The van der Waals surface area contributed by atoms with Gasteiger partial charge in [0.05, 0.1) is 0 Å². The van der Waals surface area contributed by atoms with Crippen LogP contribution in [0.25, 0.3) is 0 Å². The molecule has 5 heteroatoms. The van der Waals surface area contributed by atoms with Crippen LogP contribution in [0.5, 0.6) is 0 Å². The predicted octanol–water partition coefficient (Wildman–Crippen LogP) is 2.14. The summed E-state index contributed by atoms with van der Waals surface area (Å²) in [4.78, 5) is 9.51. The lowest BCUT2D eigenvalue weighted by Crippen LogP contribution is -2.46. The number of rotatable bonds is 9. The standard InChI is InChI=1S/C20H35N5/c1-18(2)9-11-23-20(21)22-10-6-12-24-13-15-25(16-14-24)17-19-7-4-3-5-8-19/h3-5,7-8,18H,6,9-17H2,1-2H3,(H3,21,22,23). The third-order valence-corrected chi connectivity index (χ3v) is 4.66. The van der Waals surface area contributed by atoms with Gasteiger partial charge in [0, 0.05) is 52.4 Å². The number of nitrogens with one attached hydrogen (secondary N) is 1.